The molecule has 0 saturated carbocycles. The molecule has 0 aliphatic heterocycles. The van der Waals surface area contributed by atoms with Gasteiger partial charge in [0.1, 0.15) is 0 Å². The van der Waals surface area contributed by atoms with Crippen molar-refractivity contribution in [1.82, 2.24) is 9.97 Å². The van der Waals surface area contributed by atoms with Crippen LogP contribution in [0.2, 0.25) is 10.0 Å². The molecule has 30 aromatic rings. The molecule has 0 unspecified atom stereocenters. The lowest BCUT2D eigenvalue weighted by atomic mass is 9.44. The third-order valence-corrected chi connectivity index (χ3v) is 27.1. The van der Waals surface area contributed by atoms with E-state index < -0.39 is 0 Å². The van der Waals surface area contributed by atoms with E-state index in [0.29, 0.717) is 10.0 Å². The fourth-order valence-corrected chi connectivity index (χ4v) is 26.4. The van der Waals surface area contributed by atoms with Gasteiger partial charge in [-0.2, -0.15) is 0 Å². The number of fused-ring (bicyclic) bond motifs is 2. The molecule has 0 N–H and O–H groups in total. The van der Waals surface area contributed by atoms with E-state index in [0.717, 1.165) is 23.9 Å². The van der Waals surface area contributed by atoms with Gasteiger partial charge in [-0.25, -0.2) is 9.97 Å². The van der Waals surface area contributed by atoms with Gasteiger partial charge in [-0.3, -0.25) is 0 Å². The zero-order chi connectivity index (χ0) is 44.2. The largest absolute Gasteiger partial charge is 0.249 e. The van der Waals surface area contributed by atoms with Gasteiger partial charge in [0.2, 0.25) is 0 Å². The maximum Gasteiger partial charge on any atom is 0.0906 e. The normalized spacial score (nSPS) is 21.9. The van der Waals surface area contributed by atoms with Crippen LogP contribution in [0.15, 0.2) is 12.1 Å². The molecular formula is C70H6Cl2N2. The highest BCUT2D eigenvalue weighted by atomic mass is 35.5. The molecule has 2 spiro atoms. The lowest BCUT2D eigenvalue weighted by Gasteiger charge is -2.56. The summed E-state index contributed by atoms with van der Waals surface area (Å²) in [7, 11) is 0. The summed E-state index contributed by atoms with van der Waals surface area (Å²) in [6, 6.07) is 3.98. The SMILES string of the molecule is Clc1cc2nc3c(nc2cc1Cl)CC12c4c5c6c7c8c9c(c%10c%11c1c1c4c4c%12c5c5c6c6c8c8c%13c9c9c%10c%10c%11c%11c1c1c4c4c%12c%12c5c5c6c8c6c8c%13c9c9c%10c%10c%11c1c1c4c4c%12c5c6c5c8c9c%10c1c45)C72C3. The van der Waals surface area contributed by atoms with E-state index in [2.05, 4.69) is 0 Å². The van der Waals surface area contributed by atoms with E-state index in [1.807, 2.05) is 12.1 Å². The van der Waals surface area contributed by atoms with Crippen molar-refractivity contribution in [2.75, 3.05) is 0 Å². The summed E-state index contributed by atoms with van der Waals surface area (Å²) in [6.07, 6.45) is 1.67. The van der Waals surface area contributed by atoms with Crippen molar-refractivity contribution >= 4 is 325 Å². The second-order valence-corrected chi connectivity index (χ2v) is 27.6. The number of hydrogen-bond donors (Lipinski definition) is 0. The first-order chi connectivity index (χ1) is 36.7. The Labute approximate surface area is 411 Å². The van der Waals surface area contributed by atoms with Crippen molar-refractivity contribution < 1.29 is 0 Å². The molecule has 1 aromatic heterocycles. The van der Waals surface area contributed by atoms with E-state index in [1.54, 1.807) is 313 Å². The number of hydrogen-bond acceptors (Lipinski definition) is 2. The highest BCUT2D eigenvalue weighted by Gasteiger charge is 2.71. The first-order valence-corrected chi connectivity index (χ1v) is 27.8. The van der Waals surface area contributed by atoms with Gasteiger partial charge in [0, 0.05) is 23.7 Å². The Morgan fingerprint density at radius 1 is 0.216 bits per heavy atom. The van der Waals surface area contributed by atoms with Gasteiger partial charge in [0.05, 0.1) is 32.5 Å². The van der Waals surface area contributed by atoms with Crippen LogP contribution in [0.3, 0.4) is 0 Å². The first kappa shape index (κ1) is 28.2. The summed E-state index contributed by atoms with van der Waals surface area (Å²) in [4.78, 5) is 11.6. The lowest BCUT2D eigenvalue weighted by molar-refractivity contribution is 0.290. The van der Waals surface area contributed by atoms with Gasteiger partial charge < -0.3 is 0 Å². The summed E-state index contributed by atoms with van der Waals surface area (Å²) in [5.41, 5.74) is 10.0. The van der Waals surface area contributed by atoms with Crippen LogP contribution < -0.4 is 0 Å². The van der Waals surface area contributed by atoms with Crippen molar-refractivity contribution in [2.24, 2.45) is 0 Å². The Morgan fingerprint density at radius 3 is 0.500 bits per heavy atom. The fraction of sp³-hybridized carbons (Fsp3) is 0.0571. The predicted octanol–water partition coefficient (Wildman–Crippen LogP) is 19.3. The number of aromatic nitrogens is 2. The standard InChI is InChI=1S/C70H6Cl2N2/c71-5-1-7-8(2-6(5)72)74-10-4-70-67-59-51-41-31-23-15-12-11-13-17-19(15)27-33-25(17)35-29-21(13)22-14(11)18-20-16(12)24(23)32-38-28(20)34-26(18)36-30(22)40-39(29)49-43(35)53-47(33)55(45(51)37(27)31)63(67)61(53)65-57(49)58-50(40)44(36)54-48(34)56-46(38)52(42(32)41)60(59)68(70)64(56)62(54)66(58)69(65,70)3-9(10)73-7/h1-2H,3-4H2. The molecule has 74 heavy (non-hydrogen) atoms. The molecule has 4 heteroatoms. The summed E-state index contributed by atoms with van der Waals surface area (Å²) in [5, 5.41) is 89.3. The van der Waals surface area contributed by atoms with Crippen LogP contribution in [0.1, 0.15) is 33.6 Å². The fourth-order valence-electron chi connectivity index (χ4n) is 26.1. The Balaban J connectivity index is 1.10. The summed E-state index contributed by atoms with van der Waals surface area (Å²) >= 11 is 13.8. The average Bonchev–Trinajstić information content (AvgIpc) is 4.31. The van der Waals surface area contributed by atoms with Crippen LogP contribution in [-0.4, -0.2) is 9.97 Å². The third kappa shape index (κ3) is 1.54. The maximum atomic E-state index is 6.91. The highest BCUT2D eigenvalue weighted by molar-refractivity contribution is 6.82. The minimum atomic E-state index is -0.385. The molecule has 0 radical (unpaired) electrons. The zero-order valence-corrected chi connectivity index (χ0v) is 38.7. The quantitative estimate of drug-likeness (QED) is 0.142. The van der Waals surface area contributed by atoms with E-state index in [1.165, 1.54) is 11.4 Å². The van der Waals surface area contributed by atoms with Gasteiger partial charge in [-0.1, -0.05) is 23.2 Å². The van der Waals surface area contributed by atoms with Crippen molar-refractivity contribution in [3.63, 3.8) is 0 Å². The van der Waals surface area contributed by atoms with Crippen LogP contribution in [0.25, 0.3) is 302 Å². The van der Waals surface area contributed by atoms with Crippen molar-refractivity contribution in [3.05, 3.63) is 55.8 Å². The molecule has 0 amide bonds. The molecular weight excluding hydrogens is 940 g/mol. The number of halogens is 2. The molecule has 0 saturated heterocycles. The Hall–Kier alpha value is -8.40. The number of benzene rings is 19. The van der Waals surface area contributed by atoms with Crippen molar-refractivity contribution in [3.8, 4) is 0 Å². The predicted molar refractivity (Wildman–Crippen MR) is 311 cm³/mol. The molecule has 29 aromatic carbocycles. The molecule has 5 aliphatic carbocycles. The molecule has 35 rings (SSSR count). The average molecular weight is 946 g/mol. The van der Waals surface area contributed by atoms with Gasteiger partial charge in [0.25, 0.3) is 0 Å². The van der Waals surface area contributed by atoms with E-state index in [4.69, 9.17) is 33.2 Å². The van der Waals surface area contributed by atoms with Gasteiger partial charge >= 0.3 is 0 Å². The minimum absolute atomic E-state index is 0.385. The van der Waals surface area contributed by atoms with Crippen LogP contribution in [0.4, 0.5) is 0 Å². The van der Waals surface area contributed by atoms with Gasteiger partial charge in [-0.15, -0.1) is 0 Å². The highest BCUT2D eigenvalue weighted by Crippen LogP contribution is 2.85. The summed E-state index contributed by atoms with van der Waals surface area (Å²) < 4.78 is 0. The second-order valence-electron chi connectivity index (χ2n) is 26.8. The first-order valence-electron chi connectivity index (χ1n) is 27.1. The maximum absolute atomic E-state index is 6.91. The Bertz CT molecular complexity index is 7230. The minimum Gasteiger partial charge on any atom is -0.249 e. The smallest absolute Gasteiger partial charge is 0.0906 e. The lowest BCUT2D eigenvalue weighted by Crippen LogP contribution is -2.57. The second kappa shape index (κ2) is 6.43. The molecule has 0 atom stereocenters. The van der Waals surface area contributed by atoms with Crippen LogP contribution in [0, 0.1) is 0 Å². The van der Waals surface area contributed by atoms with Crippen LogP contribution in [-0.2, 0) is 23.7 Å². The van der Waals surface area contributed by atoms with Crippen molar-refractivity contribution in [2.45, 2.75) is 23.7 Å². The number of nitrogens with zero attached hydrogens (tertiary/aromatic N) is 2. The van der Waals surface area contributed by atoms with Gasteiger partial charge in [-0.05, 0) is 325 Å². The van der Waals surface area contributed by atoms with E-state index in [9.17, 15) is 0 Å². The topological polar surface area (TPSA) is 25.8 Å². The molecule has 1 heterocycles. The van der Waals surface area contributed by atoms with Crippen molar-refractivity contribution in [1.29, 1.82) is 0 Å². The number of rotatable bonds is 0. The zero-order valence-electron chi connectivity index (χ0n) is 37.2. The van der Waals surface area contributed by atoms with Gasteiger partial charge in [0.15, 0.2) is 0 Å². The molecule has 5 aliphatic rings. The molecule has 0 bridgehead atoms. The Kier molecular flexibility index (Phi) is 2.45. The summed E-state index contributed by atoms with van der Waals surface area (Å²) in [6.45, 7) is 0. The molecule has 0 fully saturated rings. The van der Waals surface area contributed by atoms with E-state index in [-0.39, 0.29) is 10.8 Å². The van der Waals surface area contributed by atoms with Crippen LogP contribution in [0.5, 0.6) is 0 Å². The van der Waals surface area contributed by atoms with E-state index >= 15 is 0 Å². The molecule has 310 valence electrons. The third-order valence-electron chi connectivity index (χ3n) is 26.4. The Morgan fingerprint density at radius 2 is 0.351 bits per heavy atom. The van der Waals surface area contributed by atoms with Crippen LogP contribution >= 0.6 is 23.2 Å². The monoisotopic (exact) mass is 944 g/mol. The molecule has 2 nitrogen and oxygen atoms in total. The summed E-state index contributed by atoms with van der Waals surface area (Å²) in [5.74, 6) is 0.